The molecule has 0 unspecified atom stereocenters. The Morgan fingerprint density at radius 3 is 2.96 bits per heavy atom. The van der Waals surface area contributed by atoms with Crippen molar-refractivity contribution in [3.8, 4) is 11.5 Å². The van der Waals surface area contributed by atoms with Gasteiger partial charge >= 0.3 is 0 Å². The molecule has 1 aliphatic heterocycles. The lowest BCUT2D eigenvalue weighted by Gasteiger charge is -2.06. The summed E-state index contributed by atoms with van der Waals surface area (Å²) < 4.78 is 12.3. The van der Waals surface area contributed by atoms with E-state index in [1.165, 1.54) is 0 Å². The van der Waals surface area contributed by atoms with Gasteiger partial charge in [0, 0.05) is 17.7 Å². The van der Waals surface area contributed by atoms with Crippen molar-refractivity contribution in [2.75, 3.05) is 12.1 Å². The van der Waals surface area contributed by atoms with Crippen LogP contribution >= 0.6 is 0 Å². The van der Waals surface area contributed by atoms with E-state index in [-0.39, 0.29) is 12.7 Å². The van der Waals surface area contributed by atoms with Gasteiger partial charge in [-0.2, -0.15) is 5.10 Å². The van der Waals surface area contributed by atoms with Crippen LogP contribution in [-0.4, -0.2) is 27.3 Å². The molecule has 1 fully saturated rings. The topological polar surface area (TPSA) is 77.8 Å². The van der Waals surface area contributed by atoms with Crippen molar-refractivity contribution >= 4 is 17.2 Å². The molecule has 0 saturated heterocycles. The Hall–Kier alpha value is -3.09. The van der Waals surface area contributed by atoms with Gasteiger partial charge in [0.15, 0.2) is 23.0 Å². The van der Waals surface area contributed by atoms with E-state index in [0.29, 0.717) is 34.3 Å². The van der Waals surface area contributed by atoms with Gasteiger partial charge in [-0.15, -0.1) is 0 Å². The molecular formula is C17H14N4O3. The second-order valence-electron chi connectivity index (χ2n) is 5.96. The molecule has 1 saturated carbocycles. The molecule has 0 atom stereocenters. The molecule has 2 aromatic heterocycles. The first kappa shape index (κ1) is 13.4. The summed E-state index contributed by atoms with van der Waals surface area (Å²) in [5.41, 5.74) is 1.80. The maximum atomic E-state index is 12.5. The van der Waals surface area contributed by atoms with Crippen LogP contribution in [0.4, 0.5) is 5.69 Å². The maximum Gasteiger partial charge on any atom is 0.255 e. The van der Waals surface area contributed by atoms with Crippen molar-refractivity contribution in [3.05, 3.63) is 47.9 Å². The lowest BCUT2D eigenvalue weighted by Crippen LogP contribution is -2.12. The van der Waals surface area contributed by atoms with Gasteiger partial charge in [-0.25, -0.2) is 9.50 Å². The van der Waals surface area contributed by atoms with E-state index in [0.717, 1.165) is 18.7 Å². The number of aromatic nitrogens is 3. The van der Waals surface area contributed by atoms with Gasteiger partial charge in [0.05, 0.1) is 5.69 Å². The zero-order valence-electron chi connectivity index (χ0n) is 12.7. The molecule has 120 valence electrons. The van der Waals surface area contributed by atoms with Crippen molar-refractivity contribution < 1.29 is 14.3 Å². The molecular weight excluding hydrogens is 308 g/mol. The summed E-state index contributed by atoms with van der Waals surface area (Å²) in [5.74, 6) is 2.32. The maximum absolute atomic E-state index is 12.5. The molecule has 7 heteroatoms. The summed E-state index contributed by atoms with van der Waals surface area (Å²) in [7, 11) is 0. The molecule has 1 aliphatic carbocycles. The average Bonchev–Trinajstić information content (AvgIpc) is 3.18. The van der Waals surface area contributed by atoms with Gasteiger partial charge in [-0.05, 0) is 43.2 Å². The Kier molecular flexibility index (Phi) is 2.76. The SMILES string of the molecule is O=C(Nc1cccn2nc(C3CC3)nc12)c1ccc2c(c1)OCO2. The highest BCUT2D eigenvalue weighted by molar-refractivity contribution is 6.06. The van der Waals surface area contributed by atoms with Crippen LogP contribution in [0.5, 0.6) is 11.5 Å². The molecule has 5 rings (SSSR count). The largest absolute Gasteiger partial charge is 0.454 e. The summed E-state index contributed by atoms with van der Waals surface area (Å²) >= 11 is 0. The third-order valence-electron chi connectivity index (χ3n) is 4.20. The van der Waals surface area contributed by atoms with Gasteiger partial charge in [-0.1, -0.05) is 0 Å². The van der Waals surface area contributed by atoms with E-state index >= 15 is 0 Å². The minimum Gasteiger partial charge on any atom is -0.454 e. The van der Waals surface area contributed by atoms with Crippen LogP contribution in [-0.2, 0) is 0 Å². The number of rotatable bonds is 3. The number of carbonyl (C=O) groups is 1. The number of nitrogens with zero attached hydrogens (tertiary/aromatic N) is 3. The summed E-state index contributed by atoms with van der Waals surface area (Å²) in [6.07, 6.45) is 4.11. The van der Waals surface area contributed by atoms with E-state index in [2.05, 4.69) is 15.4 Å². The van der Waals surface area contributed by atoms with Crippen LogP contribution in [0.25, 0.3) is 5.65 Å². The lowest BCUT2D eigenvalue weighted by atomic mass is 10.2. The Balaban J connectivity index is 1.46. The van der Waals surface area contributed by atoms with E-state index in [1.807, 2.05) is 18.3 Å². The van der Waals surface area contributed by atoms with Crippen LogP contribution in [0.2, 0.25) is 0 Å². The van der Waals surface area contributed by atoms with Crippen LogP contribution in [0.15, 0.2) is 36.5 Å². The van der Waals surface area contributed by atoms with Gasteiger partial charge in [0.25, 0.3) is 5.91 Å². The monoisotopic (exact) mass is 322 g/mol. The van der Waals surface area contributed by atoms with Crippen LogP contribution < -0.4 is 14.8 Å². The van der Waals surface area contributed by atoms with Crippen LogP contribution in [0, 0.1) is 0 Å². The average molecular weight is 322 g/mol. The molecule has 3 aromatic rings. The molecule has 7 nitrogen and oxygen atoms in total. The molecule has 0 spiro atoms. The van der Waals surface area contributed by atoms with Crippen LogP contribution in [0.1, 0.15) is 34.9 Å². The summed E-state index contributed by atoms with van der Waals surface area (Å²) in [6, 6.07) is 8.79. The quantitative estimate of drug-likeness (QED) is 0.802. The van der Waals surface area contributed by atoms with E-state index in [1.54, 1.807) is 22.7 Å². The molecule has 3 heterocycles. The Labute approximate surface area is 137 Å². The number of nitrogens with one attached hydrogen (secondary N) is 1. The first-order valence-electron chi connectivity index (χ1n) is 7.84. The molecule has 24 heavy (non-hydrogen) atoms. The number of hydrogen-bond donors (Lipinski definition) is 1. The number of anilines is 1. The number of carbonyl (C=O) groups excluding carboxylic acids is 1. The Morgan fingerprint density at radius 1 is 1.21 bits per heavy atom. The Bertz CT molecular complexity index is 962. The van der Waals surface area contributed by atoms with E-state index in [9.17, 15) is 4.79 Å². The number of pyridine rings is 1. The smallest absolute Gasteiger partial charge is 0.255 e. The van der Waals surface area contributed by atoms with Crippen molar-refractivity contribution in [1.29, 1.82) is 0 Å². The predicted molar refractivity (Wildman–Crippen MR) is 85.5 cm³/mol. The third-order valence-corrected chi connectivity index (χ3v) is 4.20. The molecule has 1 aromatic carbocycles. The fourth-order valence-electron chi connectivity index (χ4n) is 2.77. The number of benzene rings is 1. The van der Waals surface area contributed by atoms with Gasteiger partial charge in [0.2, 0.25) is 6.79 Å². The lowest BCUT2D eigenvalue weighted by molar-refractivity contribution is 0.102. The zero-order chi connectivity index (χ0) is 16.1. The summed E-state index contributed by atoms with van der Waals surface area (Å²) in [4.78, 5) is 17.1. The van der Waals surface area contributed by atoms with E-state index < -0.39 is 0 Å². The van der Waals surface area contributed by atoms with Gasteiger partial charge in [0.1, 0.15) is 0 Å². The molecule has 1 amide bonds. The fraction of sp³-hybridized carbons (Fsp3) is 0.235. The number of ether oxygens (including phenoxy) is 2. The predicted octanol–water partition coefficient (Wildman–Crippen LogP) is 2.59. The minimum atomic E-state index is -0.225. The zero-order valence-corrected chi connectivity index (χ0v) is 12.7. The highest BCUT2D eigenvalue weighted by Gasteiger charge is 2.28. The highest BCUT2D eigenvalue weighted by Crippen LogP contribution is 2.38. The summed E-state index contributed by atoms with van der Waals surface area (Å²) in [6.45, 7) is 0.184. The van der Waals surface area contributed by atoms with Crippen molar-refractivity contribution in [1.82, 2.24) is 14.6 Å². The minimum absolute atomic E-state index is 0.184. The molecule has 2 aliphatic rings. The summed E-state index contributed by atoms with van der Waals surface area (Å²) in [5, 5.41) is 7.39. The first-order chi connectivity index (χ1) is 11.8. The fourth-order valence-corrected chi connectivity index (χ4v) is 2.77. The standard InChI is InChI=1S/C17H14N4O3/c22-17(11-5-6-13-14(8-11)24-9-23-13)18-12-2-1-7-21-16(12)19-15(20-21)10-3-4-10/h1-2,5-8,10H,3-4,9H2,(H,18,22). The molecule has 1 N–H and O–H groups in total. The number of amides is 1. The number of fused-ring (bicyclic) bond motifs is 2. The van der Waals surface area contributed by atoms with Crippen molar-refractivity contribution in [3.63, 3.8) is 0 Å². The third kappa shape index (κ3) is 2.17. The molecule has 0 radical (unpaired) electrons. The second kappa shape index (κ2) is 4.95. The first-order valence-corrected chi connectivity index (χ1v) is 7.84. The van der Waals surface area contributed by atoms with E-state index in [4.69, 9.17) is 9.47 Å². The highest BCUT2D eigenvalue weighted by atomic mass is 16.7. The Morgan fingerprint density at radius 2 is 2.08 bits per heavy atom. The van der Waals surface area contributed by atoms with Gasteiger partial charge in [-0.3, -0.25) is 4.79 Å². The number of hydrogen-bond acceptors (Lipinski definition) is 5. The molecule has 0 bridgehead atoms. The normalized spacial score (nSPS) is 15.7. The van der Waals surface area contributed by atoms with Crippen molar-refractivity contribution in [2.24, 2.45) is 0 Å². The van der Waals surface area contributed by atoms with Gasteiger partial charge < -0.3 is 14.8 Å². The second-order valence-corrected chi connectivity index (χ2v) is 5.96. The van der Waals surface area contributed by atoms with Crippen molar-refractivity contribution in [2.45, 2.75) is 18.8 Å². The van der Waals surface area contributed by atoms with Crippen LogP contribution in [0.3, 0.4) is 0 Å².